The molecule has 0 amide bonds. The Bertz CT molecular complexity index is 1180. The molecular weight excluding hydrogens is 569 g/mol. The number of nitrogens with zero attached hydrogens (tertiary/aromatic N) is 1. The Morgan fingerprint density at radius 1 is 0.905 bits per heavy atom. The Kier molecular flexibility index (Phi) is 10.6. The molecule has 11 heteroatoms. The van der Waals surface area contributed by atoms with Crippen molar-refractivity contribution in [3.8, 4) is 0 Å². The average Bonchev–Trinajstić information content (AvgIpc) is 3.15. The molecule has 1 aliphatic heterocycles. The van der Waals surface area contributed by atoms with E-state index in [1.165, 1.54) is 10.8 Å². The molecule has 0 unspecified atom stereocenters. The van der Waals surface area contributed by atoms with Gasteiger partial charge in [0, 0.05) is 23.4 Å². The minimum atomic E-state index is -2.17. The van der Waals surface area contributed by atoms with Crippen molar-refractivity contribution < 1.29 is 23.4 Å². The molecule has 3 atom stereocenters. The normalized spacial score (nSPS) is 21.7. The summed E-state index contributed by atoms with van der Waals surface area (Å²) >= 11 is 0. The van der Waals surface area contributed by atoms with Crippen LogP contribution < -0.4 is 11.2 Å². The summed E-state index contributed by atoms with van der Waals surface area (Å²) in [7, 11) is -4.24. The van der Waals surface area contributed by atoms with Gasteiger partial charge in [-0.2, -0.15) is 0 Å². The zero-order chi connectivity index (χ0) is 32.9. The monoisotopic (exact) mass is 628 g/mol. The molecule has 0 aromatic carbocycles. The Morgan fingerprint density at radius 3 is 1.86 bits per heavy atom. The fourth-order valence-electron chi connectivity index (χ4n) is 4.79. The van der Waals surface area contributed by atoms with Gasteiger partial charge in [0.15, 0.2) is 22.4 Å². The number of hydrogen-bond acceptors (Lipinski definition) is 7. The van der Waals surface area contributed by atoms with E-state index in [0.717, 1.165) is 0 Å². The molecule has 1 fully saturated rings. The zero-order valence-electron chi connectivity index (χ0n) is 29.3. The highest BCUT2D eigenvalue weighted by atomic mass is 28.4. The lowest BCUT2D eigenvalue weighted by Crippen LogP contribution is -2.55. The topological polar surface area (TPSA) is 112 Å². The van der Waals surface area contributed by atoms with Crippen LogP contribution in [-0.2, 0) is 24.9 Å². The van der Waals surface area contributed by atoms with E-state index in [-0.39, 0.29) is 34.5 Å². The van der Waals surface area contributed by atoms with Gasteiger partial charge >= 0.3 is 5.69 Å². The van der Waals surface area contributed by atoms with Gasteiger partial charge in [0.2, 0.25) is 0 Å². The second-order valence-electron chi connectivity index (χ2n) is 17.1. The number of ether oxygens (including phenoxy) is 2. The Hall–Kier alpha value is -1.09. The van der Waals surface area contributed by atoms with Gasteiger partial charge in [0.1, 0.15) is 12.3 Å². The first-order valence-electron chi connectivity index (χ1n) is 15.2. The van der Waals surface area contributed by atoms with E-state index in [1.54, 1.807) is 0 Å². The standard InChI is InChI=1S/C31H60N2O7Si2/c1-27(2,3)31(36,28(4,5)6)37-19-21-18-33(26(35)32-25(21)34)24-17-22(40-42(15,16)30(10,11)12)23(39-24)20-38-41(13,14)29(7,8)9/h18,22-24,36H,17,19-20H2,1-16H3,(H,32,34,35)/t22-,23+,24+/m0/s1. The van der Waals surface area contributed by atoms with Crippen LogP contribution in [0.2, 0.25) is 36.3 Å². The smallest absolute Gasteiger partial charge is 0.330 e. The second-order valence-corrected chi connectivity index (χ2v) is 26.7. The minimum Gasteiger partial charge on any atom is -0.414 e. The van der Waals surface area contributed by atoms with Crippen molar-refractivity contribution >= 4 is 16.6 Å². The number of rotatable bonds is 9. The van der Waals surface area contributed by atoms with Crippen molar-refractivity contribution in [2.24, 2.45) is 10.8 Å². The summed E-state index contributed by atoms with van der Waals surface area (Å²) in [5.41, 5.74) is -2.15. The number of aliphatic hydroxyl groups is 1. The molecule has 1 saturated heterocycles. The summed E-state index contributed by atoms with van der Waals surface area (Å²) in [5.74, 6) is -1.54. The maximum atomic E-state index is 13.1. The third kappa shape index (κ3) is 7.94. The molecule has 0 aliphatic carbocycles. The molecule has 1 aromatic heterocycles. The van der Waals surface area contributed by atoms with Crippen LogP contribution in [0, 0.1) is 10.8 Å². The highest BCUT2D eigenvalue weighted by Crippen LogP contribution is 2.45. The highest BCUT2D eigenvalue weighted by molar-refractivity contribution is 6.74. The first-order chi connectivity index (χ1) is 18.5. The SMILES string of the molecule is CC(C)(C)C(O)(OCc1cn([C@H]2C[C@H](O[Si](C)(C)C(C)(C)C)[C@@H](CO[Si](C)(C)C(C)(C)C)O2)c(=O)[nH]c1=O)C(C)(C)C. The summed E-state index contributed by atoms with van der Waals surface area (Å²) in [5, 5.41) is 11.6. The Labute approximate surface area is 256 Å². The summed E-state index contributed by atoms with van der Waals surface area (Å²) in [6.45, 7) is 33.6. The maximum absolute atomic E-state index is 13.1. The van der Waals surface area contributed by atoms with Gasteiger partial charge in [-0.15, -0.1) is 0 Å². The van der Waals surface area contributed by atoms with Crippen LogP contribution in [0.5, 0.6) is 0 Å². The third-order valence-corrected chi connectivity index (χ3v) is 18.7. The molecular formula is C31H60N2O7Si2. The van der Waals surface area contributed by atoms with Crippen LogP contribution in [-0.4, -0.2) is 55.9 Å². The predicted molar refractivity (Wildman–Crippen MR) is 174 cm³/mol. The van der Waals surface area contributed by atoms with Crippen molar-refractivity contribution in [2.45, 2.75) is 157 Å². The van der Waals surface area contributed by atoms with E-state index < -0.39 is 50.7 Å². The van der Waals surface area contributed by atoms with Crippen LogP contribution in [0.4, 0.5) is 0 Å². The average molecular weight is 629 g/mol. The number of H-pyrrole nitrogens is 1. The minimum absolute atomic E-state index is 0.00778. The van der Waals surface area contributed by atoms with E-state index in [4.69, 9.17) is 18.3 Å². The van der Waals surface area contributed by atoms with E-state index >= 15 is 0 Å². The van der Waals surface area contributed by atoms with E-state index in [2.05, 4.69) is 72.7 Å². The van der Waals surface area contributed by atoms with Crippen molar-refractivity contribution in [3.63, 3.8) is 0 Å². The Balaban J connectivity index is 2.44. The van der Waals surface area contributed by atoms with Gasteiger partial charge in [-0.1, -0.05) is 83.1 Å². The molecule has 9 nitrogen and oxygen atoms in total. The first-order valence-corrected chi connectivity index (χ1v) is 21.0. The van der Waals surface area contributed by atoms with Gasteiger partial charge in [-0.3, -0.25) is 14.3 Å². The number of hydrogen-bond donors (Lipinski definition) is 2. The van der Waals surface area contributed by atoms with Crippen LogP contribution in [0.3, 0.4) is 0 Å². The van der Waals surface area contributed by atoms with Crippen LogP contribution in [0.15, 0.2) is 15.8 Å². The number of nitrogens with one attached hydrogen (secondary N) is 1. The quantitative estimate of drug-likeness (QED) is 0.236. The van der Waals surface area contributed by atoms with E-state index in [0.29, 0.717) is 13.0 Å². The molecule has 2 rings (SSSR count). The lowest BCUT2D eigenvalue weighted by atomic mass is 9.70. The van der Waals surface area contributed by atoms with Crippen molar-refractivity contribution in [1.29, 1.82) is 0 Å². The molecule has 244 valence electrons. The van der Waals surface area contributed by atoms with Crippen molar-refractivity contribution in [1.82, 2.24) is 9.55 Å². The molecule has 42 heavy (non-hydrogen) atoms. The number of aromatic amines is 1. The molecule has 2 heterocycles. The van der Waals surface area contributed by atoms with Gasteiger partial charge in [0.05, 0.1) is 24.9 Å². The summed E-state index contributed by atoms with van der Waals surface area (Å²) in [6, 6.07) is 0. The summed E-state index contributed by atoms with van der Waals surface area (Å²) < 4.78 is 27.4. The molecule has 0 radical (unpaired) electrons. The summed E-state index contributed by atoms with van der Waals surface area (Å²) in [4.78, 5) is 28.4. The Morgan fingerprint density at radius 2 is 1.40 bits per heavy atom. The largest absolute Gasteiger partial charge is 0.414 e. The van der Waals surface area contributed by atoms with E-state index in [1.807, 2.05) is 41.5 Å². The number of aromatic nitrogens is 2. The van der Waals surface area contributed by atoms with Crippen LogP contribution >= 0.6 is 0 Å². The molecule has 1 aliphatic rings. The predicted octanol–water partition coefficient (Wildman–Crippen LogP) is 6.53. The fraction of sp³-hybridized carbons (Fsp3) is 0.871. The molecule has 0 spiro atoms. The molecule has 0 saturated carbocycles. The fourth-order valence-corrected chi connectivity index (χ4v) is 7.16. The first kappa shape index (κ1) is 37.1. The summed E-state index contributed by atoms with van der Waals surface area (Å²) in [6.07, 6.45) is 0.644. The molecule has 2 N–H and O–H groups in total. The maximum Gasteiger partial charge on any atom is 0.330 e. The lowest BCUT2D eigenvalue weighted by molar-refractivity contribution is -0.319. The van der Waals surface area contributed by atoms with Crippen molar-refractivity contribution in [2.75, 3.05) is 6.61 Å². The van der Waals surface area contributed by atoms with E-state index in [9.17, 15) is 14.7 Å². The van der Waals surface area contributed by atoms with Crippen LogP contribution in [0.25, 0.3) is 0 Å². The second kappa shape index (κ2) is 12.0. The molecule has 0 bridgehead atoms. The molecule has 1 aromatic rings. The third-order valence-electron chi connectivity index (χ3n) is 9.67. The van der Waals surface area contributed by atoms with Gasteiger partial charge < -0.3 is 23.4 Å². The highest BCUT2D eigenvalue weighted by Gasteiger charge is 2.51. The van der Waals surface area contributed by atoms with Crippen molar-refractivity contribution in [3.05, 3.63) is 32.6 Å². The van der Waals surface area contributed by atoms with Crippen LogP contribution in [0.1, 0.15) is 101 Å². The van der Waals surface area contributed by atoms with Gasteiger partial charge in [-0.25, -0.2) is 4.79 Å². The van der Waals surface area contributed by atoms with Gasteiger partial charge in [-0.05, 0) is 36.3 Å². The zero-order valence-corrected chi connectivity index (χ0v) is 31.3. The van der Waals surface area contributed by atoms with Gasteiger partial charge in [0.25, 0.3) is 5.56 Å². The lowest BCUT2D eigenvalue weighted by Gasteiger charge is -2.48.